The van der Waals surface area contributed by atoms with Crippen molar-refractivity contribution in [1.29, 1.82) is 0 Å². The SMILES string of the molecule is CCCCNC(=O)[C@H](C)N(Cc1cccc(C)c1)C(=O)CN(c1ccc(F)c(Cl)c1)S(=O)(=O)c1ccccc1. The number of hydrogen-bond donors (Lipinski definition) is 1. The van der Waals surface area contributed by atoms with Gasteiger partial charge < -0.3 is 10.2 Å². The number of halogens is 2. The van der Waals surface area contributed by atoms with E-state index >= 15 is 0 Å². The highest BCUT2D eigenvalue weighted by molar-refractivity contribution is 7.92. The maximum absolute atomic E-state index is 13.9. The summed E-state index contributed by atoms with van der Waals surface area (Å²) in [5.41, 5.74) is 1.79. The summed E-state index contributed by atoms with van der Waals surface area (Å²) in [5.74, 6) is -1.66. The lowest BCUT2D eigenvalue weighted by molar-refractivity contribution is -0.139. The second kappa shape index (κ2) is 13.6. The largest absolute Gasteiger partial charge is 0.354 e. The van der Waals surface area contributed by atoms with Crippen LogP contribution in [0.25, 0.3) is 0 Å². The van der Waals surface area contributed by atoms with Gasteiger partial charge in [-0.1, -0.05) is 73.0 Å². The summed E-state index contributed by atoms with van der Waals surface area (Å²) in [6.07, 6.45) is 1.69. The van der Waals surface area contributed by atoms with Crippen molar-refractivity contribution in [1.82, 2.24) is 10.2 Å². The predicted octanol–water partition coefficient (Wildman–Crippen LogP) is 5.32. The van der Waals surface area contributed by atoms with Crippen molar-refractivity contribution in [2.45, 2.75) is 51.1 Å². The number of hydrogen-bond acceptors (Lipinski definition) is 4. The molecule has 0 spiro atoms. The number of benzene rings is 3. The molecular formula is C29H33ClFN3O4S. The lowest BCUT2D eigenvalue weighted by Crippen LogP contribution is -2.51. The summed E-state index contributed by atoms with van der Waals surface area (Å²) in [5, 5.41) is 2.56. The number of sulfonamides is 1. The molecule has 3 aromatic rings. The average Bonchev–Trinajstić information content (AvgIpc) is 2.92. The van der Waals surface area contributed by atoms with Crippen LogP contribution < -0.4 is 9.62 Å². The molecule has 2 amide bonds. The van der Waals surface area contributed by atoms with Crippen molar-refractivity contribution in [3.8, 4) is 0 Å². The van der Waals surface area contributed by atoms with E-state index in [9.17, 15) is 22.4 Å². The van der Waals surface area contributed by atoms with Crippen LogP contribution in [0.5, 0.6) is 0 Å². The normalized spacial score (nSPS) is 12.0. The number of aryl methyl sites for hydroxylation is 1. The first-order valence-corrected chi connectivity index (χ1v) is 14.5. The van der Waals surface area contributed by atoms with Crippen molar-refractivity contribution in [2.75, 3.05) is 17.4 Å². The molecule has 208 valence electrons. The lowest BCUT2D eigenvalue weighted by atomic mass is 10.1. The van der Waals surface area contributed by atoms with Crippen LogP contribution in [0, 0.1) is 12.7 Å². The molecule has 1 atom stereocenters. The molecule has 0 bridgehead atoms. The maximum Gasteiger partial charge on any atom is 0.264 e. The van der Waals surface area contributed by atoms with Gasteiger partial charge in [0.2, 0.25) is 11.8 Å². The first kappa shape index (κ1) is 30.1. The Balaban J connectivity index is 2.01. The molecule has 0 unspecified atom stereocenters. The summed E-state index contributed by atoms with van der Waals surface area (Å²) in [4.78, 5) is 28.1. The highest BCUT2D eigenvalue weighted by Crippen LogP contribution is 2.28. The van der Waals surface area contributed by atoms with E-state index in [2.05, 4.69) is 5.32 Å². The minimum Gasteiger partial charge on any atom is -0.354 e. The monoisotopic (exact) mass is 573 g/mol. The van der Waals surface area contributed by atoms with Crippen molar-refractivity contribution >= 4 is 39.1 Å². The molecule has 0 saturated heterocycles. The van der Waals surface area contributed by atoms with Crippen molar-refractivity contribution in [3.05, 3.63) is 94.8 Å². The van der Waals surface area contributed by atoms with Gasteiger partial charge in [-0.2, -0.15) is 0 Å². The fourth-order valence-corrected chi connectivity index (χ4v) is 5.62. The van der Waals surface area contributed by atoms with E-state index < -0.39 is 34.3 Å². The van der Waals surface area contributed by atoms with Crippen LogP contribution in [0.1, 0.15) is 37.8 Å². The number of unbranched alkanes of at least 4 members (excludes halogenated alkanes) is 1. The summed E-state index contributed by atoms with van der Waals surface area (Å²) >= 11 is 5.98. The number of amides is 2. The van der Waals surface area contributed by atoms with E-state index in [1.165, 1.54) is 23.1 Å². The van der Waals surface area contributed by atoms with Crippen LogP contribution >= 0.6 is 11.6 Å². The lowest BCUT2D eigenvalue weighted by Gasteiger charge is -2.32. The Labute approximate surface area is 234 Å². The fraction of sp³-hybridized carbons (Fsp3) is 0.310. The first-order chi connectivity index (χ1) is 18.5. The minimum absolute atomic E-state index is 0.0224. The van der Waals surface area contributed by atoms with Gasteiger partial charge in [-0.25, -0.2) is 12.8 Å². The van der Waals surface area contributed by atoms with Crippen LogP contribution in [-0.4, -0.2) is 44.3 Å². The molecule has 0 fully saturated rings. The Hall–Kier alpha value is -3.43. The minimum atomic E-state index is -4.25. The van der Waals surface area contributed by atoms with E-state index in [4.69, 9.17) is 11.6 Å². The molecule has 1 N–H and O–H groups in total. The fourth-order valence-electron chi connectivity index (χ4n) is 4.01. The summed E-state index contributed by atoms with van der Waals surface area (Å²) in [6, 6.07) is 17.7. The number of carbonyl (C=O) groups is 2. The molecule has 0 aliphatic carbocycles. The second-order valence-electron chi connectivity index (χ2n) is 9.25. The molecule has 0 aliphatic rings. The van der Waals surface area contributed by atoms with Gasteiger partial charge in [0, 0.05) is 13.1 Å². The molecule has 0 aromatic heterocycles. The summed E-state index contributed by atoms with van der Waals surface area (Å²) < 4.78 is 42.3. The maximum atomic E-state index is 13.9. The van der Waals surface area contributed by atoms with Gasteiger partial charge in [-0.15, -0.1) is 0 Å². The van der Waals surface area contributed by atoms with E-state index in [1.54, 1.807) is 25.1 Å². The second-order valence-corrected chi connectivity index (χ2v) is 11.5. The van der Waals surface area contributed by atoms with Gasteiger partial charge >= 0.3 is 0 Å². The zero-order valence-corrected chi connectivity index (χ0v) is 23.8. The first-order valence-electron chi connectivity index (χ1n) is 12.7. The van der Waals surface area contributed by atoms with Gasteiger partial charge in [0.15, 0.2) is 0 Å². The van der Waals surface area contributed by atoms with Crippen molar-refractivity contribution < 1.29 is 22.4 Å². The standard InChI is InChI=1S/C29H33ClFN3O4S/c1-4-5-16-32-29(36)22(3)33(19-23-11-9-10-21(2)17-23)28(35)20-34(24-14-15-27(31)26(30)18-24)39(37,38)25-12-7-6-8-13-25/h6-15,17-18,22H,4-5,16,19-20H2,1-3H3,(H,32,36)/t22-/m0/s1. The van der Waals surface area contributed by atoms with Gasteiger partial charge in [0.25, 0.3) is 10.0 Å². The highest BCUT2D eigenvalue weighted by Gasteiger charge is 2.32. The predicted molar refractivity (Wildman–Crippen MR) is 151 cm³/mol. The Morgan fingerprint density at radius 3 is 2.38 bits per heavy atom. The molecule has 10 heteroatoms. The van der Waals surface area contributed by atoms with Crippen LogP contribution in [0.3, 0.4) is 0 Å². The Morgan fingerprint density at radius 2 is 1.74 bits per heavy atom. The molecule has 0 radical (unpaired) electrons. The van der Waals surface area contributed by atoms with E-state index in [1.807, 2.05) is 38.1 Å². The van der Waals surface area contributed by atoms with Crippen molar-refractivity contribution in [3.63, 3.8) is 0 Å². The highest BCUT2D eigenvalue weighted by atomic mass is 35.5. The zero-order valence-electron chi connectivity index (χ0n) is 22.2. The molecule has 3 aromatic carbocycles. The quantitative estimate of drug-likeness (QED) is 0.297. The average molecular weight is 574 g/mol. The molecule has 0 saturated carbocycles. The number of anilines is 1. The molecule has 0 aliphatic heterocycles. The smallest absolute Gasteiger partial charge is 0.264 e. The molecular weight excluding hydrogens is 541 g/mol. The third-order valence-corrected chi connectivity index (χ3v) is 8.31. The number of rotatable bonds is 12. The Bertz CT molecular complexity index is 1400. The summed E-state index contributed by atoms with van der Waals surface area (Å²) in [7, 11) is -4.25. The van der Waals surface area contributed by atoms with E-state index in [-0.39, 0.29) is 28.1 Å². The van der Waals surface area contributed by atoms with Gasteiger partial charge in [-0.05, 0) is 56.2 Å². The van der Waals surface area contributed by atoms with E-state index in [0.717, 1.165) is 40.4 Å². The number of nitrogens with one attached hydrogen (secondary N) is 1. The van der Waals surface area contributed by atoms with Crippen molar-refractivity contribution in [2.24, 2.45) is 0 Å². The van der Waals surface area contributed by atoms with E-state index in [0.29, 0.717) is 6.54 Å². The topological polar surface area (TPSA) is 86.8 Å². The Morgan fingerprint density at radius 1 is 1.03 bits per heavy atom. The van der Waals surface area contributed by atoms with Crippen LogP contribution in [0.4, 0.5) is 10.1 Å². The van der Waals surface area contributed by atoms with Gasteiger partial charge in [-0.3, -0.25) is 13.9 Å². The van der Waals surface area contributed by atoms with Crippen LogP contribution in [0.2, 0.25) is 5.02 Å². The van der Waals surface area contributed by atoms with Crippen LogP contribution in [0.15, 0.2) is 77.7 Å². The third-order valence-electron chi connectivity index (χ3n) is 6.23. The molecule has 39 heavy (non-hydrogen) atoms. The number of carbonyl (C=O) groups excluding carboxylic acids is 2. The summed E-state index contributed by atoms with van der Waals surface area (Å²) in [6.45, 7) is 5.47. The molecule has 3 rings (SSSR count). The molecule has 7 nitrogen and oxygen atoms in total. The van der Waals surface area contributed by atoms with Gasteiger partial charge in [0.1, 0.15) is 18.4 Å². The van der Waals surface area contributed by atoms with Crippen LogP contribution in [-0.2, 0) is 26.2 Å². The third kappa shape index (κ3) is 7.80. The van der Waals surface area contributed by atoms with Gasteiger partial charge in [0.05, 0.1) is 15.6 Å². The number of nitrogens with zero attached hydrogens (tertiary/aromatic N) is 2. The zero-order chi connectivity index (χ0) is 28.6. The Kier molecular flexibility index (Phi) is 10.5. The molecule has 0 heterocycles.